The van der Waals surface area contributed by atoms with Crippen molar-refractivity contribution < 1.29 is 0 Å². The van der Waals surface area contributed by atoms with Gasteiger partial charge in [0, 0.05) is 12.2 Å². The minimum absolute atomic E-state index is 0.465. The minimum atomic E-state index is 0.465. The molecule has 1 unspecified atom stereocenters. The number of rotatable bonds is 6. The van der Waals surface area contributed by atoms with Gasteiger partial charge in [0.1, 0.15) is 5.82 Å². The zero-order valence-corrected chi connectivity index (χ0v) is 11.1. The van der Waals surface area contributed by atoms with E-state index in [4.69, 9.17) is 11.6 Å². The third kappa shape index (κ3) is 5.36. The van der Waals surface area contributed by atoms with Crippen molar-refractivity contribution in [3.05, 3.63) is 23.4 Å². The predicted octanol–water partition coefficient (Wildman–Crippen LogP) is 4.36. The van der Waals surface area contributed by atoms with Gasteiger partial charge in [0.25, 0.3) is 0 Å². The molecule has 0 spiro atoms. The van der Waals surface area contributed by atoms with Gasteiger partial charge >= 0.3 is 0 Å². The van der Waals surface area contributed by atoms with Gasteiger partial charge < -0.3 is 5.32 Å². The van der Waals surface area contributed by atoms with Gasteiger partial charge in [0.15, 0.2) is 0 Å². The first-order chi connectivity index (χ1) is 7.58. The van der Waals surface area contributed by atoms with Crippen LogP contribution in [0.5, 0.6) is 0 Å². The van der Waals surface area contributed by atoms with Crippen LogP contribution in [0.1, 0.15) is 40.0 Å². The van der Waals surface area contributed by atoms with E-state index in [1.54, 1.807) is 6.20 Å². The van der Waals surface area contributed by atoms with Crippen LogP contribution in [-0.2, 0) is 0 Å². The molecule has 3 heteroatoms. The Bertz CT molecular complexity index is 295. The molecule has 1 atom stereocenters. The fraction of sp³-hybridized carbons (Fsp3) is 0.615. The zero-order chi connectivity index (χ0) is 12.0. The second-order valence-corrected chi connectivity index (χ2v) is 5.17. The van der Waals surface area contributed by atoms with Gasteiger partial charge in [-0.15, -0.1) is 0 Å². The number of halogens is 1. The molecule has 0 saturated carbocycles. The van der Waals surface area contributed by atoms with Gasteiger partial charge in [-0.05, 0) is 31.4 Å². The smallest absolute Gasteiger partial charge is 0.126 e. The molecule has 1 aromatic rings. The number of pyridine rings is 1. The molecule has 0 aliphatic rings. The fourth-order valence-electron chi connectivity index (χ4n) is 1.62. The van der Waals surface area contributed by atoms with E-state index < -0.39 is 0 Å². The highest BCUT2D eigenvalue weighted by Gasteiger charge is 2.03. The SMILES string of the molecule is CC(C)CCCC(C)Nc1ccc(Cl)cn1. The second kappa shape index (κ2) is 6.74. The highest BCUT2D eigenvalue weighted by molar-refractivity contribution is 6.30. The lowest BCUT2D eigenvalue weighted by Crippen LogP contribution is -2.15. The molecule has 0 bridgehead atoms. The van der Waals surface area contributed by atoms with Crippen molar-refractivity contribution in [2.45, 2.75) is 46.1 Å². The Balaban J connectivity index is 2.28. The maximum atomic E-state index is 5.78. The number of hydrogen-bond donors (Lipinski definition) is 1. The molecule has 0 aromatic carbocycles. The van der Waals surface area contributed by atoms with E-state index in [2.05, 4.69) is 31.1 Å². The Hall–Kier alpha value is -0.760. The van der Waals surface area contributed by atoms with Gasteiger partial charge in [0.2, 0.25) is 0 Å². The summed E-state index contributed by atoms with van der Waals surface area (Å²) in [6.45, 7) is 6.72. The summed E-state index contributed by atoms with van der Waals surface area (Å²) < 4.78 is 0. The Morgan fingerprint density at radius 2 is 2.00 bits per heavy atom. The Morgan fingerprint density at radius 3 is 2.56 bits per heavy atom. The van der Waals surface area contributed by atoms with Crippen LogP contribution in [0.3, 0.4) is 0 Å². The summed E-state index contributed by atoms with van der Waals surface area (Å²) in [4.78, 5) is 4.22. The number of nitrogens with one attached hydrogen (secondary N) is 1. The van der Waals surface area contributed by atoms with Crippen molar-refractivity contribution in [3.8, 4) is 0 Å². The van der Waals surface area contributed by atoms with Crippen molar-refractivity contribution in [2.75, 3.05) is 5.32 Å². The monoisotopic (exact) mass is 240 g/mol. The summed E-state index contributed by atoms with van der Waals surface area (Å²) in [7, 11) is 0. The summed E-state index contributed by atoms with van der Waals surface area (Å²) in [6, 6.07) is 4.24. The average molecular weight is 241 g/mol. The van der Waals surface area contributed by atoms with Gasteiger partial charge in [0.05, 0.1) is 5.02 Å². The van der Waals surface area contributed by atoms with Gasteiger partial charge in [-0.2, -0.15) is 0 Å². The quantitative estimate of drug-likeness (QED) is 0.799. The minimum Gasteiger partial charge on any atom is -0.368 e. The first-order valence-electron chi connectivity index (χ1n) is 5.96. The van der Waals surface area contributed by atoms with E-state index in [-0.39, 0.29) is 0 Å². The summed E-state index contributed by atoms with van der Waals surface area (Å²) in [5.41, 5.74) is 0. The standard InChI is InChI=1S/C13H21ClN2/c1-10(2)5-4-6-11(3)16-13-8-7-12(14)9-15-13/h7-11H,4-6H2,1-3H3,(H,15,16). The molecule has 2 nitrogen and oxygen atoms in total. The van der Waals surface area contributed by atoms with Gasteiger partial charge in [-0.25, -0.2) is 4.98 Å². The molecule has 0 aliphatic heterocycles. The Morgan fingerprint density at radius 1 is 1.25 bits per heavy atom. The van der Waals surface area contributed by atoms with E-state index in [9.17, 15) is 0 Å². The Kier molecular flexibility index (Phi) is 5.61. The maximum absolute atomic E-state index is 5.78. The highest BCUT2D eigenvalue weighted by Crippen LogP contribution is 2.13. The fourth-order valence-corrected chi connectivity index (χ4v) is 1.73. The van der Waals surface area contributed by atoms with Crippen LogP contribution in [-0.4, -0.2) is 11.0 Å². The third-order valence-corrected chi connectivity index (χ3v) is 2.76. The number of anilines is 1. The molecular weight excluding hydrogens is 220 g/mol. The summed E-state index contributed by atoms with van der Waals surface area (Å²) in [5, 5.41) is 4.05. The van der Waals surface area contributed by atoms with E-state index in [1.165, 1.54) is 19.3 Å². The molecule has 1 heterocycles. The Labute approximate surface area is 103 Å². The molecule has 0 amide bonds. The molecule has 1 rings (SSSR count). The van der Waals surface area contributed by atoms with Crippen molar-refractivity contribution >= 4 is 17.4 Å². The van der Waals surface area contributed by atoms with Crippen LogP contribution in [0.2, 0.25) is 5.02 Å². The third-order valence-electron chi connectivity index (χ3n) is 2.54. The second-order valence-electron chi connectivity index (χ2n) is 4.73. The first-order valence-corrected chi connectivity index (χ1v) is 6.34. The topological polar surface area (TPSA) is 24.9 Å². The summed E-state index contributed by atoms with van der Waals surface area (Å²) in [5.74, 6) is 1.70. The molecule has 90 valence electrons. The molecule has 1 N–H and O–H groups in total. The van der Waals surface area contributed by atoms with Crippen LogP contribution in [0.25, 0.3) is 0 Å². The van der Waals surface area contributed by atoms with Crippen molar-refractivity contribution in [2.24, 2.45) is 5.92 Å². The highest BCUT2D eigenvalue weighted by atomic mass is 35.5. The van der Waals surface area contributed by atoms with Gasteiger partial charge in [-0.1, -0.05) is 38.3 Å². The molecule has 16 heavy (non-hydrogen) atoms. The van der Waals surface area contributed by atoms with Crippen molar-refractivity contribution in [3.63, 3.8) is 0 Å². The van der Waals surface area contributed by atoms with E-state index >= 15 is 0 Å². The van der Waals surface area contributed by atoms with E-state index in [0.717, 1.165) is 11.7 Å². The molecule has 0 radical (unpaired) electrons. The molecule has 1 aromatic heterocycles. The first kappa shape index (κ1) is 13.3. The van der Waals surface area contributed by atoms with E-state index in [1.807, 2.05) is 12.1 Å². The molecular formula is C13H21ClN2. The zero-order valence-electron chi connectivity index (χ0n) is 10.3. The van der Waals surface area contributed by atoms with Crippen molar-refractivity contribution in [1.29, 1.82) is 0 Å². The summed E-state index contributed by atoms with van der Waals surface area (Å²) in [6.07, 6.45) is 5.41. The largest absolute Gasteiger partial charge is 0.368 e. The van der Waals surface area contributed by atoms with Crippen LogP contribution in [0.15, 0.2) is 18.3 Å². The van der Waals surface area contributed by atoms with Crippen molar-refractivity contribution in [1.82, 2.24) is 4.98 Å². The number of hydrogen-bond acceptors (Lipinski definition) is 2. The predicted molar refractivity (Wildman–Crippen MR) is 71.0 cm³/mol. The lowest BCUT2D eigenvalue weighted by atomic mass is 10.0. The van der Waals surface area contributed by atoms with Crippen LogP contribution >= 0.6 is 11.6 Å². The van der Waals surface area contributed by atoms with Gasteiger partial charge in [-0.3, -0.25) is 0 Å². The van der Waals surface area contributed by atoms with Crippen LogP contribution < -0.4 is 5.32 Å². The summed E-state index contributed by atoms with van der Waals surface area (Å²) >= 11 is 5.78. The molecule has 0 aliphatic carbocycles. The van der Waals surface area contributed by atoms with Crippen LogP contribution in [0, 0.1) is 5.92 Å². The number of nitrogens with zero attached hydrogens (tertiary/aromatic N) is 1. The lowest BCUT2D eigenvalue weighted by molar-refractivity contribution is 0.520. The van der Waals surface area contributed by atoms with Crippen LogP contribution in [0.4, 0.5) is 5.82 Å². The lowest BCUT2D eigenvalue weighted by Gasteiger charge is -2.14. The maximum Gasteiger partial charge on any atom is 0.126 e. The normalized spacial score (nSPS) is 12.8. The van der Waals surface area contributed by atoms with E-state index in [0.29, 0.717) is 11.1 Å². The molecule has 0 saturated heterocycles. The number of aromatic nitrogens is 1. The molecule has 0 fully saturated rings. The average Bonchev–Trinajstić information content (AvgIpc) is 2.21.